The fourth-order valence-electron chi connectivity index (χ4n) is 1.77. The van der Waals surface area contributed by atoms with Gasteiger partial charge in [-0.2, -0.15) is 26.3 Å². The number of rotatable bonds is 5. The van der Waals surface area contributed by atoms with Gasteiger partial charge < -0.3 is 14.6 Å². The van der Waals surface area contributed by atoms with E-state index in [0.29, 0.717) is 0 Å². The van der Waals surface area contributed by atoms with Gasteiger partial charge in [-0.15, -0.1) is 0 Å². The predicted molar refractivity (Wildman–Crippen MR) is 71.0 cm³/mol. The van der Waals surface area contributed by atoms with Crippen molar-refractivity contribution in [2.45, 2.75) is 26.2 Å². The van der Waals surface area contributed by atoms with Crippen molar-refractivity contribution >= 4 is 17.6 Å². The van der Waals surface area contributed by atoms with Crippen LogP contribution in [0.5, 0.6) is 11.5 Å². The van der Waals surface area contributed by atoms with Crippen molar-refractivity contribution in [1.29, 1.82) is 0 Å². The van der Waals surface area contributed by atoms with Crippen LogP contribution in [0.1, 0.15) is 21.5 Å². The molecule has 0 aliphatic rings. The van der Waals surface area contributed by atoms with Crippen molar-refractivity contribution in [2.75, 3.05) is 13.2 Å². The third kappa shape index (κ3) is 5.08. The summed E-state index contributed by atoms with van der Waals surface area (Å²) in [6.45, 7) is -1.27. The molecule has 0 fully saturated rings. The molecular weight excluding hydrogens is 370 g/mol. The molecule has 1 N–H and O–H groups in total. The van der Waals surface area contributed by atoms with Gasteiger partial charge in [-0.1, -0.05) is 11.6 Å². The molecule has 11 heteroatoms. The third-order valence-electron chi connectivity index (χ3n) is 2.88. The standard InChI is InChI=1S/C13H11ClF6O4/c1-5-6(2)9(23-3-12(15,16)17)10(24-4-13(18,19)20)8(14)7(5)11(21)22/h3-4H2,1-2H3,(H,21,22). The summed E-state index contributed by atoms with van der Waals surface area (Å²) in [5.74, 6) is -3.16. The number of hydrogen-bond acceptors (Lipinski definition) is 3. The Morgan fingerprint density at radius 3 is 1.75 bits per heavy atom. The number of carboxylic acid groups (broad SMARTS) is 1. The molecule has 0 aliphatic heterocycles. The lowest BCUT2D eigenvalue weighted by atomic mass is 10.0. The van der Waals surface area contributed by atoms with Gasteiger partial charge in [0.05, 0.1) is 5.56 Å². The Morgan fingerprint density at radius 2 is 1.38 bits per heavy atom. The van der Waals surface area contributed by atoms with E-state index >= 15 is 0 Å². The Balaban J connectivity index is 3.45. The fourth-order valence-corrected chi connectivity index (χ4v) is 2.13. The lowest BCUT2D eigenvalue weighted by Gasteiger charge is -2.21. The van der Waals surface area contributed by atoms with Crippen LogP contribution in [0, 0.1) is 13.8 Å². The van der Waals surface area contributed by atoms with Crippen molar-refractivity contribution < 1.29 is 45.7 Å². The highest BCUT2D eigenvalue weighted by Crippen LogP contribution is 2.44. The Hall–Kier alpha value is -1.84. The molecule has 24 heavy (non-hydrogen) atoms. The highest BCUT2D eigenvalue weighted by Gasteiger charge is 2.34. The number of carboxylic acids is 1. The quantitative estimate of drug-likeness (QED) is 0.762. The van der Waals surface area contributed by atoms with Gasteiger partial charge in [-0.25, -0.2) is 4.79 Å². The second-order valence-corrected chi connectivity index (χ2v) is 5.09. The van der Waals surface area contributed by atoms with Crippen molar-refractivity contribution in [3.63, 3.8) is 0 Å². The maximum Gasteiger partial charge on any atom is 0.422 e. The molecule has 0 saturated carbocycles. The van der Waals surface area contributed by atoms with Crippen LogP contribution in [-0.2, 0) is 0 Å². The van der Waals surface area contributed by atoms with E-state index in [9.17, 15) is 31.1 Å². The van der Waals surface area contributed by atoms with E-state index in [4.69, 9.17) is 16.7 Å². The van der Waals surface area contributed by atoms with Crippen LogP contribution in [-0.4, -0.2) is 36.6 Å². The van der Waals surface area contributed by atoms with Crippen molar-refractivity contribution in [3.8, 4) is 11.5 Å². The van der Waals surface area contributed by atoms with Crippen molar-refractivity contribution in [3.05, 3.63) is 21.7 Å². The first-order valence-corrected chi connectivity index (χ1v) is 6.57. The average Bonchev–Trinajstić information content (AvgIpc) is 2.37. The minimum atomic E-state index is -4.81. The highest BCUT2D eigenvalue weighted by atomic mass is 35.5. The van der Waals surface area contributed by atoms with E-state index in [2.05, 4.69) is 9.47 Å². The molecule has 0 bridgehead atoms. The first kappa shape index (κ1) is 20.2. The summed E-state index contributed by atoms with van der Waals surface area (Å²) in [4.78, 5) is 11.2. The summed E-state index contributed by atoms with van der Waals surface area (Å²) in [6, 6.07) is 0. The molecule has 0 spiro atoms. The molecule has 4 nitrogen and oxygen atoms in total. The zero-order chi connectivity index (χ0) is 18.9. The van der Waals surface area contributed by atoms with Crippen LogP contribution in [0.3, 0.4) is 0 Å². The first-order chi connectivity index (χ1) is 10.7. The topological polar surface area (TPSA) is 55.8 Å². The minimum Gasteiger partial charge on any atom is -0.480 e. The Bertz CT molecular complexity index is 639. The molecule has 0 atom stereocenters. The van der Waals surface area contributed by atoms with E-state index in [-0.39, 0.29) is 11.1 Å². The van der Waals surface area contributed by atoms with Gasteiger partial charge in [-0.3, -0.25) is 0 Å². The molecule has 0 heterocycles. The van der Waals surface area contributed by atoms with Crippen molar-refractivity contribution in [2.24, 2.45) is 0 Å². The van der Waals surface area contributed by atoms with E-state index in [1.165, 1.54) is 13.8 Å². The van der Waals surface area contributed by atoms with Crippen LogP contribution < -0.4 is 9.47 Å². The summed E-state index contributed by atoms with van der Waals surface area (Å²) >= 11 is 5.73. The zero-order valence-corrected chi connectivity index (χ0v) is 13.0. The number of halogens is 7. The summed E-state index contributed by atoms with van der Waals surface area (Å²) in [6.07, 6.45) is -9.58. The molecule has 0 amide bonds. The molecule has 0 saturated heterocycles. The van der Waals surface area contributed by atoms with Crippen LogP contribution in [0.25, 0.3) is 0 Å². The number of benzene rings is 1. The smallest absolute Gasteiger partial charge is 0.422 e. The number of carbonyl (C=O) groups is 1. The Kier molecular flexibility index (Phi) is 5.86. The van der Waals surface area contributed by atoms with E-state index in [1.807, 2.05) is 0 Å². The maximum absolute atomic E-state index is 12.3. The molecule has 0 aliphatic carbocycles. The second-order valence-electron chi connectivity index (χ2n) is 4.71. The molecule has 0 aromatic heterocycles. The normalized spacial score (nSPS) is 12.2. The van der Waals surface area contributed by atoms with Gasteiger partial charge in [0.2, 0.25) is 0 Å². The van der Waals surface area contributed by atoms with Gasteiger partial charge in [0.15, 0.2) is 24.7 Å². The monoisotopic (exact) mass is 380 g/mol. The largest absolute Gasteiger partial charge is 0.480 e. The van der Waals surface area contributed by atoms with Gasteiger partial charge in [0, 0.05) is 0 Å². The molecule has 0 unspecified atom stereocenters. The average molecular weight is 381 g/mol. The third-order valence-corrected chi connectivity index (χ3v) is 3.24. The van der Waals surface area contributed by atoms with Gasteiger partial charge in [0.25, 0.3) is 0 Å². The van der Waals surface area contributed by atoms with Crippen LogP contribution >= 0.6 is 11.6 Å². The lowest BCUT2D eigenvalue weighted by Crippen LogP contribution is -2.23. The summed E-state index contributed by atoms with van der Waals surface area (Å²) in [5.41, 5.74) is -0.757. The van der Waals surface area contributed by atoms with Crippen LogP contribution in [0.2, 0.25) is 5.02 Å². The fraction of sp³-hybridized carbons (Fsp3) is 0.462. The lowest BCUT2D eigenvalue weighted by molar-refractivity contribution is -0.158. The van der Waals surface area contributed by atoms with Crippen LogP contribution in [0.15, 0.2) is 0 Å². The van der Waals surface area contributed by atoms with Crippen molar-refractivity contribution in [1.82, 2.24) is 0 Å². The van der Waals surface area contributed by atoms with Gasteiger partial charge in [0.1, 0.15) is 5.02 Å². The maximum atomic E-state index is 12.3. The zero-order valence-electron chi connectivity index (χ0n) is 12.2. The molecular formula is C13H11ClF6O4. The van der Waals surface area contributed by atoms with E-state index in [0.717, 1.165) is 0 Å². The SMILES string of the molecule is Cc1c(C)c(C(=O)O)c(Cl)c(OCC(F)(F)F)c1OCC(F)(F)F. The van der Waals surface area contributed by atoms with E-state index in [1.54, 1.807) is 0 Å². The second kappa shape index (κ2) is 6.96. The van der Waals surface area contributed by atoms with Crippen LogP contribution in [0.4, 0.5) is 26.3 Å². The molecule has 0 radical (unpaired) electrons. The highest BCUT2D eigenvalue weighted by molar-refractivity contribution is 6.35. The summed E-state index contributed by atoms with van der Waals surface area (Å²) in [7, 11) is 0. The molecule has 1 aromatic rings. The van der Waals surface area contributed by atoms with Gasteiger partial charge >= 0.3 is 18.3 Å². The predicted octanol–water partition coefficient (Wildman–Crippen LogP) is 4.54. The van der Waals surface area contributed by atoms with E-state index < -0.39 is 53.6 Å². The Morgan fingerprint density at radius 1 is 0.958 bits per heavy atom. The summed E-state index contributed by atoms with van der Waals surface area (Å²) < 4.78 is 82.8. The Labute approximate surface area is 136 Å². The molecule has 1 aromatic carbocycles. The number of aromatic carboxylic acids is 1. The summed E-state index contributed by atoms with van der Waals surface area (Å²) in [5, 5.41) is 8.32. The molecule has 1 rings (SSSR count). The van der Waals surface area contributed by atoms with Gasteiger partial charge in [-0.05, 0) is 25.0 Å². The molecule has 136 valence electrons. The number of hydrogen-bond donors (Lipinski definition) is 1. The first-order valence-electron chi connectivity index (χ1n) is 6.19. The number of alkyl halides is 6. The minimum absolute atomic E-state index is 0.0518. The number of ether oxygens (including phenoxy) is 2.